The van der Waals surface area contributed by atoms with Crippen LogP contribution in [0.15, 0.2) is 78.9 Å². The smallest absolute Gasteiger partial charge is 0.235 e. The molecule has 4 aromatic rings. The molecule has 1 fully saturated rings. The number of benzene rings is 4. The van der Waals surface area contributed by atoms with Gasteiger partial charge in [0.15, 0.2) is 11.5 Å². The largest absolute Gasteiger partial charge is 0.493 e. The number of rotatable bonds is 9. The Bertz CT molecular complexity index is 1860. The van der Waals surface area contributed by atoms with Crippen molar-refractivity contribution >= 4 is 29.0 Å². The van der Waals surface area contributed by atoms with Gasteiger partial charge in [0.1, 0.15) is 18.3 Å². The molecule has 0 spiro atoms. The van der Waals surface area contributed by atoms with Gasteiger partial charge in [0.2, 0.25) is 11.8 Å². The number of amides is 2. The van der Waals surface area contributed by atoms with Crippen LogP contribution in [0.25, 0.3) is 0 Å². The molecule has 0 aromatic heterocycles. The zero-order valence-corrected chi connectivity index (χ0v) is 28.6. The molecular formula is C40H44N2O6. The fourth-order valence-electron chi connectivity index (χ4n) is 6.62. The van der Waals surface area contributed by atoms with Crippen molar-refractivity contribution in [2.45, 2.75) is 66.1 Å². The second-order valence-electron chi connectivity index (χ2n) is 13.1. The Hall–Kier alpha value is -4.95. The van der Waals surface area contributed by atoms with Crippen molar-refractivity contribution in [1.82, 2.24) is 0 Å². The number of aryl methyl sites for hydroxylation is 3. The lowest BCUT2D eigenvalue weighted by atomic mass is 9.61. The lowest BCUT2D eigenvalue weighted by molar-refractivity contribution is -0.150. The first-order chi connectivity index (χ1) is 22.8. The van der Waals surface area contributed by atoms with Gasteiger partial charge in [0.25, 0.3) is 0 Å². The van der Waals surface area contributed by atoms with E-state index in [0.717, 1.165) is 33.4 Å². The first-order valence-corrected chi connectivity index (χ1v) is 16.2. The summed E-state index contributed by atoms with van der Waals surface area (Å²) in [6.45, 7) is 11.5. The van der Waals surface area contributed by atoms with Gasteiger partial charge >= 0.3 is 0 Å². The predicted octanol–water partition coefficient (Wildman–Crippen LogP) is 7.13. The Labute approximate surface area is 282 Å². The fourth-order valence-corrected chi connectivity index (χ4v) is 6.62. The minimum atomic E-state index is -1.76. The molecule has 1 saturated carbocycles. The molecule has 0 heterocycles. The highest BCUT2D eigenvalue weighted by atomic mass is 16.5. The second-order valence-corrected chi connectivity index (χ2v) is 13.1. The molecule has 48 heavy (non-hydrogen) atoms. The molecule has 0 bridgehead atoms. The van der Waals surface area contributed by atoms with E-state index in [1.807, 2.05) is 83.1 Å². The quantitative estimate of drug-likeness (QED) is 0.166. The van der Waals surface area contributed by atoms with E-state index >= 15 is 0 Å². The Balaban J connectivity index is 1.58. The van der Waals surface area contributed by atoms with Gasteiger partial charge < -0.3 is 25.2 Å². The molecule has 3 N–H and O–H groups in total. The van der Waals surface area contributed by atoms with E-state index in [2.05, 4.69) is 10.6 Å². The number of Topliss-reactive ketones (excluding diaryl/α,β-unsaturated/α-hetero) is 1. The summed E-state index contributed by atoms with van der Waals surface area (Å²) in [5.41, 5.74) is 5.76. The monoisotopic (exact) mass is 648 g/mol. The van der Waals surface area contributed by atoms with Crippen molar-refractivity contribution in [3.8, 4) is 11.5 Å². The highest BCUT2D eigenvalue weighted by molar-refractivity contribution is 6.10. The van der Waals surface area contributed by atoms with Crippen molar-refractivity contribution in [1.29, 1.82) is 0 Å². The van der Waals surface area contributed by atoms with Crippen molar-refractivity contribution in [3.05, 3.63) is 118 Å². The molecule has 8 heteroatoms. The summed E-state index contributed by atoms with van der Waals surface area (Å²) >= 11 is 0. The van der Waals surface area contributed by atoms with E-state index in [0.29, 0.717) is 35.0 Å². The molecule has 4 atom stereocenters. The molecule has 4 unspecified atom stereocenters. The standard InChI is InChI=1S/C40H44N2O6/c1-23-13-10-16-30(26(23)4)41-38(44)36-32(43)21-40(6,46)37(39(45)42-31-17-11-14-24(2)27(31)5)35(36)28-18-19-33(34(20-28)47-7)48-22-29-15-9-8-12-25(29)3/h8-20,35-37,46H,21-22H2,1-7H3,(H,41,44)(H,42,45). The molecule has 0 saturated heterocycles. The number of hydrogen-bond donors (Lipinski definition) is 3. The number of carbonyl (C=O) groups excluding carboxylic acids is 3. The van der Waals surface area contributed by atoms with Gasteiger partial charge in [0, 0.05) is 23.7 Å². The van der Waals surface area contributed by atoms with Crippen molar-refractivity contribution in [2.24, 2.45) is 11.8 Å². The van der Waals surface area contributed by atoms with Crippen molar-refractivity contribution in [3.63, 3.8) is 0 Å². The maximum Gasteiger partial charge on any atom is 0.235 e. The van der Waals surface area contributed by atoms with Gasteiger partial charge in [0.05, 0.1) is 18.6 Å². The van der Waals surface area contributed by atoms with E-state index < -0.39 is 41.0 Å². The van der Waals surface area contributed by atoms with Crippen molar-refractivity contribution < 1.29 is 29.0 Å². The third kappa shape index (κ3) is 6.99. The summed E-state index contributed by atoms with van der Waals surface area (Å²) in [6, 6.07) is 24.2. The van der Waals surface area contributed by atoms with Gasteiger partial charge in [-0.25, -0.2) is 0 Å². The van der Waals surface area contributed by atoms with Crippen LogP contribution in [0.2, 0.25) is 0 Å². The Morgan fingerprint density at radius 3 is 1.98 bits per heavy atom. The number of ketones is 1. The minimum Gasteiger partial charge on any atom is -0.493 e. The van der Waals surface area contributed by atoms with Crippen LogP contribution in [-0.4, -0.2) is 35.4 Å². The predicted molar refractivity (Wildman–Crippen MR) is 188 cm³/mol. The Morgan fingerprint density at radius 1 is 0.792 bits per heavy atom. The van der Waals surface area contributed by atoms with Crippen LogP contribution in [0, 0.1) is 46.5 Å². The third-order valence-electron chi connectivity index (χ3n) is 9.77. The maximum absolute atomic E-state index is 14.3. The topological polar surface area (TPSA) is 114 Å². The number of ether oxygens (including phenoxy) is 2. The van der Waals surface area contributed by atoms with Crippen LogP contribution in [0.3, 0.4) is 0 Å². The second kappa shape index (κ2) is 14.0. The number of methoxy groups -OCH3 is 1. The molecular weight excluding hydrogens is 604 g/mol. The summed E-state index contributed by atoms with van der Waals surface area (Å²) in [4.78, 5) is 42.4. The number of hydrogen-bond acceptors (Lipinski definition) is 6. The SMILES string of the molecule is COc1cc(C2C(C(=O)Nc3cccc(C)c3C)C(=O)CC(C)(O)C2C(=O)Nc2cccc(C)c2C)ccc1OCc1ccccc1C. The van der Waals surface area contributed by atoms with Gasteiger partial charge in [-0.15, -0.1) is 0 Å². The number of anilines is 2. The molecule has 0 radical (unpaired) electrons. The van der Waals surface area contributed by atoms with Gasteiger partial charge in [-0.1, -0.05) is 54.6 Å². The zero-order chi connectivity index (χ0) is 34.7. The first-order valence-electron chi connectivity index (χ1n) is 16.2. The molecule has 8 nitrogen and oxygen atoms in total. The summed E-state index contributed by atoms with van der Waals surface area (Å²) < 4.78 is 11.9. The van der Waals surface area contributed by atoms with Crippen LogP contribution in [0.4, 0.5) is 11.4 Å². The van der Waals surface area contributed by atoms with Gasteiger partial charge in [-0.3, -0.25) is 14.4 Å². The van der Waals surface area contributed by atoms with E-state index in [4.69, 9.17) is 9.47 Å². The number of nitrogens with one attached hydrogen (secondary N) is 2. The van der Waals surface area contributed by atoms with E-state index in [9.17, 15) is 19.5 Å². The van der Waals surface area contributed by atoms with Crippen molar-refractivity contribution in [2.75, 3.05) is 17.7 Å². The molecule has 2 amide bonds. The number of carbonyl (C=O) groups is 3. The Kier molecular flexibility index (Phi) is 10.1. The summed E-state index contributed by atoms with van der Waals surface area (Å²) in [5.74, 6) is -4.13. The van der Waals surface area contributed by atoms with E-state index in [1.165, 1.54) is 14.0 Å². The van der Waals surface area contributed by atoms with Gasteiger partial charge in [-0.2, -0.15) is 0 Å². The fraction of sp³-hybridized carbons (Fsp3) is 0.325. The van der Waals surface area contributed by atoms with Crippen LogP contribution < -0.4 is 20.1 Å². The third-order valence-corrected chi connectivity index (χ3v) is 9.77. The van der Waals surface area contributed by atoms with Gasteiger partial charge in [-0.05, 0) is 105 Å². The zero-order valence-electron chi connectivity index (χ0n) is 28.6. The summed E-state index contributed by atoms with van der Waals surface area (Å²) in [7, 11) is 1.51. The molecule has 1 aliphatic rings. The highest BCUT2D eigenvalue weighted by Crippen LogP contribution is 2.48. The maximum atomic E-state index is 14.3. The van der Waals surface area contributed by atoms with Crippen LogP contribution >= 0.6 is 0 Å². The lowest BCUT2D eigenvalue weighted by Gasteiger charge is -2.44. The van der Waals surface area contributed by atoms with Crippen LogP contribution in [-0.2, 0) is 21.0 Å². The highest BCUT2D eigenvalue weighted by Gasteiger charge is 2.56. The van der Waals surface area contributed by atoms with Crippen LogP contribution in [0.1, 0.15) is 58.2 Å². The molecule has 0 aliphatic heterocycles. The molecule has 5 rings (SSSR count). The number of aliphatic hydroxyl groups is 1. The Morgan fingerprint density at radius 2 is 1.38 bits per heavy atom. The normalized spacial score (nSPS) is 20.6. The summed E-state index contributed by atoms with van der Waals surface area (Å²) in [6.07, 6.45) is -0.367. The lowest BCUT2D eigenvalue weighted by Crippen LogP contribution is -2.56. The van der Waals surface area contributed by atoms with E-state index in [1.54, 1.807) is 30.3 Å². The first kappa shape index (κ1) is 34.4. The van der Waals surface area contributed by atoms with E-state index in [-0.39, 0.29) is 6.42 Å². The average Bonchev–Trinajstić information content (AvgIpc) is 3.04. The molecule has 1 aliphatic carbocycles. The molecule has 4 aromatic carbocycles. The van der Waals surface area contributed by atoms with Crippen LogP contribution in [0.5, 0.6) is 11.5 Å². The molecule has 250 valence electrons. The average molecular weight is 649 g/mol. The summed E-state index contributed by atoms with van der Waals surface area (Å²) in [5, 5.41) is 17.8. The minimum absolute atomic E-state index is 0.306.